The van der Waals surface area contributed by atoms with Crippen molar-refractivity contribution < 1.29 is 0 Å². The van der Waals surface area contributed by atoms with Gasteiger partial charge in [0.05, 0.1) is 0 Å². The van der Waals surface area contributed by atoms with Gasteiger partial charge in [-0.25, -0.2) is 0 Å². The van der Waals surface area contributed by atoms with Crippen molar-refractivity contribution in [3.63, 3.8) is 0 Å². The molecule has 4 aliphatic rings. The summed E-state index contributed by atoms with van der Waals surface area (Å²) in [6.45, 7) is 12.4. The van der Waals surface area contributed by atoms with E-state index in [9.17, 15) is 0 Å². The van der Waals surface area contributed by atoms with E-state index in [0.717, 1.165) is 11.8 Å². The van der Waals surface area contributed by atoms with Crippen LogP contribution in [-0.4, -0.2) is 19.1 Å². The Kier molecular flexibility index (Phi) is 4.71. The molecule has 0 aliphatic heterocycles. The van der Waals surface area contributed by atoms with Crippen molar-refractivity contribution in [2.45, 2.75) is 91.6 Å². The second-order valence-corrected chi connectivity index (χ2v) is 11.4. The molecular weight excluding hydrogens is 328 g/mol. The molecule has 0 radical (unpaired) electrons. The van der Waals surface area contributed by atoms with Gasteiger partial charge in [0.2, 0.25) is 0 Å². The smallest absolute Gasteiger partial charge is 0.0124 e. The first-order valence-corrected chi connectivity index (χ1v) is 11.5. The van der Waals surface area contributed by atoms with Gasteiger partial charge in [0.25, 0.3) is 0 Å². The molecule has 4 aliphatic carbocycles. The molecule has 0 aromatic carbocycles. The molecule has 0 spiro atoms. The van der Waals surface area contributed by atoms with Crippen molar-refractivity contribution >= 4 is 0 Å². The highest BCUT2D eigenvalue weighted by molar-refractivity contribution is 5.37. The minimum absolute atomic E-state index is 0.314. The lowest BCUT2D eigenvalue weighted by Gasteiger charge is -2.53. The van der Waals surface area contributed by atoms with Crippen LogP contribution in [0.1, 0.15) is 79.6 Å². The first kappa shape index (κ1) is 19.7. The number of hydrogen-bond acceptors (Lipinski definition) is 2. The fraction of sp³-hybridized carbons (Fsp3) is 0.840. The Morgan fingerprint density at radius 1 is 1.04 bits per heavy atom. The van der Waals surface area contributed by atoms with Crippen LogP contribution in [0.15, 0.2) is 23.3 Å². The van der Waals surface area contributed by atoms with E-state index in [1.807, 2.05) is 0 Å². The summed E-state index contributed by atoms with van der Waals surface area (Å²) >= 11 is 0. The van der Waals surface area contributed by atoms with Crippen LogP contribution in [0.5, 0.6) is 0 Å². The summed E-state index contributed by atoms with van der Waals surface area (Å²) in [5.74, 6) is 2.13. The van der Waals surface area contributed by atoms with Crippen molar-refractivity contribution in [3.05, 3.63) is 23.3 Å². The molecule has 0 aromatic heterocycles. The van der Waals surface area contributed by atoms with E-state index < -0.39 is 0 Å². The second-order valence-electron chi connectivity index (χ2n) is 11.4. The molecule has 2 saturated carbocycles. The van der Waals surface area contributed by atoms with Gasteiger partial charge < -0.3 is 11.1 Å². The van der Waals surface area contributed by atoms with E-state index in [4.69, 9.17) is 5.73 Å². The van der Waals surface area contributed by atoms with Gasteiger partial charge in [-0.2, -0.15) is 0 Å². The maximum Gasteiger partial charge on any atom is 0.0124 e. The molecule has 0 saturated heterocycles. The van der Waals surface area contributed by atoms with Crippen molar-refractivity contribution in [2.24, 2.45) is 39.7 Å². The minimum Gasteiger partial charge on any atom is -0.328 e. The third-order valence-electron chi connectivity index (χ3n) is 10.1. The molecule has 0 aromatic rings. The lowest BCUT2D eigenvalue weighted by atomic mass is 9.51. The van der Waals surface area contributed by atoms with Crippen molar-refractivity contribution in [3.8, 4) is 0 Å². The van der Waals surface area contributed by atoms with Gasteiger partial charge in [0, 0.05) is 12.1 Å². The first-order valence-electron chi connectivity index (χ1n) is 11.5. The zero-order chi connectivity index (χ0) is 19.6. The van der Waals surface area contributed by atoms with E-state index in [-0.39, 0.29) is 0 Å². The number of nitrogens with two attached hydrogens (primary N) is 1. The maximum atomic E-state index is 6.47. The van der Waals surface area contributed by atoms with E-state index in [1.165, 1.54) is 44.9 Å². The second kappa shape index (κ2) is 6.46. The van der Waals surface area contributed by atoms with Crippen LogP contribution in [0.2, 0.25) is 0 Å². The van der Waals surface area contributed by atoms with Crippen LogP contribution in [0.4, 0.5) is 0 Å². The number of hydrogen-bond donors (Lipinski definition) is 2. The molecule has 7 unspecified atom stereocenters. The molecule has 7 atom stereocenters. The quantitative estimate of drug-likeness (QED) is 0.678. The molecule has 2 fully saturated rings. The third kappa shape index (κ3) is 2.65. The average Bonchev–Trinajstić information content (AvgIpc) is 2.75. The van der Waals surface area contributed by atoms with Crippen LogP contribution in [0.25, 0.3) is 0 Å². The van der Waals surface area contributed by atoms with Crippen LogP contribution < -0.4 is 11.1 Å². The Morgan fingerprint density at radius 2 is 1.74 bits per heavy atom. The molecule has 27 heavy (non-hydrogen) atoms. The van der Waals surface area contributed by atoms with E-state index in [2.05, 4.69) is 59.1 Å². The average molecular weight is 371 g/mol. The Balaban J connectivity index is 1.70. The number of allylic oxidation sites excluding steroid dienone is 4. The van der Waals surface area contributed by atoms with Crippen molar-refractivity contribution in [1.29, 1.82) is 0 Å². The highest BCUT2D eigenvalue weighted by Crippen LogP contribution is 2.67. The lowest BCUT2D eigenvalue weighted by Crippen LogP contribution is -2.49. The maximum absolute atomic E-state index is 6.47. The van der Waals surface area contributed by atoms with Gasteiger partial charge in [0.15, 0.2) is 0 Å². The lowest BCUT2D eigenvalue weighted by molar-refractivity contribution is 0.00392. The molecule has 0 heterocycles. The predicted octanol–water partition coefficient (Wildman–Crippen LogP) is 5.45. The fourth-order valence-corrected chi connectivity index (χ4v) is 8.14. The van der Waals surface area contributed by atoms with Gasteiger partial charge in [0.1, 0.15) is 0 Å². The van der Waals surface area contributed by atoms with Gasteiger partial charge in [-0.1, -0.05) is 45.4 Å². The fourth-order valence-electron chi connectivity index (χ4n) is 8.14. The molecule has 2 heteroatoms. The predicted molar refractivity (Wildman–Crippen MR) is 115 cm³/mol. The molecule has 152 valence electrons. The minimum atomic E-state index is 0.314. The van der Waals surface area contributed by atoms with E-state index >= 15 is 0 Å². The Hall–Kier alpha value is -0.600. The van der Waals surface area contributed by atoms with Crippen LogP contribution in [0, 0.1) is 34.0 Å². The van der Waals surface area contributed by atoms with Crippen LogP contribution >= 0.6 is 0 Å². The topological polar surface area (TPSA) is 38.0 Å². The Labute approximate surface area is 167 Å². The molecule has 4 rings (SSSR count). The summed E-state index contributed by atoms with van der Waals surface area (Å²) in [6, 6.07) is 0.956. The summed E-state index contributed by atoms with van der Waals surface area (Å²) < 4.78 is 0. The normalized spacial score (nSPS) is 47.1. The monoisotopic (exact) mass is 370 g/mol. The van der Waals surface area contributed by atoms with Crippen molar-refractivity contribution in [2.75, 3.05) is 7.05 Å². The molecule has 3 N–H and O–H groups in total. The largest absolute Gasteiger partial charge is 0.328 e. The molecule has 2 nitrogen and oxygen atoms in total. The molecular formula is C25H42N2. The van der Waals surface area contributed by atoms with Gasteiger partial charge in [-0.05, 0) is 98.5 Å². The van der Waals surface area contributed by atoms with E-state index in [1.54, 1.807) is 11.1 Å². The van der Waals surface area contributed by atoms with Gasteiger partial charge in [-0.3, -0.25) is 0 Å². The summed E-state index contributed by atoms with van der Waals surface area (Å²) in [6.07, 6.45) is 14.5. The Bertz CT molecular complexity index is 657. The summed E-state index contributed by atoms with van der Waals surface area (Å²) in [7, 11) is 2.15. The number of rotatable bonds is 2. The van der Waals surface area contributed by atoms with Gasteiger partial charge >= 0.3 is 0 Å². The Morgan fingerprint density at radius 3 is 2.41 bits per heavy atom. The summed E-state index contributed by atoms with van der Waals surface area (Å²) in [5, 5.41) is 3.62. The zero-order valence-corrected chi connectivity index (χ0v) is 18.6. The zero-order valence-electron chi connectivity index (χ0n) is 18.6. The van der Waals surface area contributed by atoms with Crippen LogP contribution in [-0.2, 0) is 0 Å². The SMILES string of the molecule is CNC1CCC2=CC3=CCC4(C)C(C(C)N)CCC4(C)C3CCC2C1(C)C. The number of nitrogens with one attached hydrogen (secondary N) is 1. The number of fused-ring (bicyclic) bond motifs is 4. The summed E-state index contributed by atoms with van der Waals surface area (Å²) in [4.78, 5) is 0. The first-order chi connectivity index (χ1) is 12.6. The molecule has 0 amide bonds. The third-order valence-corrected chi connectivity index (χ3v) is 10.1. The highest BCUT2D eigenvalue weighted by atomic mass is 14.9. The standard InChI is InChI=1S/C25H42N2/c1-16(26)19-12-14-25(5)21-9-8-20-17(7-10-22(27-6)23(20,2)3)15-18(21)11-13-24(19,25)4/h11,15-16,19-22,27H,7-10,12-14,26H2,1-6H3. The summed E-state index contributed by atoms with van der Waals surface area (Å²) in [5.41, 5.74) is 11.0. The van der Waals surface area contributed by atoms with E-state index in [0.29, 0.717) is 34.2 Å². The van der Waals surface area contributed by atoms with Crippen LogP contribution in [0.3, 0.4) is 0 Å². The van der Waals surface area contributed by atoms with Crippen molar-refractivity contribution in [1.82, 2.24) is 5.32 Å². The molecule has 0 bridgehead atoms. The highest BCUT2D eigenvalue weighted by Gasteiger charge is 2.60. The van der Waals surface area contributed by atoms with Gasteiger partial charge in [-0.15, -0.1) is 0 Å².